The van der Waals surface area contributed by atoms with Gasteiger partial charge in [0.15, 0.2) is 0 Å². The molecular weight excluding hydrogens is 306 g/mol. The molecular formula is C17H17N5O2. The molecule has 0 bridgehead atoms. The van der Waals surface area contributed by atoms with Gasteiger partial charge in [-0.2, -0.15) is 5.26 Å². The van der Waals surface area contributed by atoms with E-state index in [1.165, 1.54) is 0 Å². The molecule has 24 heavy (non-hydrogen) atoms. The van der Waals surface area contributed by atoms with Crippen LogP contribution in [-0.4, -0.2) is 41.1 Å². The molecule has 2 heterocycles. The second-order valence-corrected chi connectivity index (χ2v) is 5.42. The van der Waals surface area contributed by atoms with Crippen LogP contribution in [0.4, 0.5) is 0 Å². The van der Waals surface area contributed by atoms with Crippen LogP contribution >= 0.6 is 0 Å². The Morgan fingerprint density at radius 2 is 2.33 bits per heavy atom. The van der Waals surface area contributed by atoms with Gasteiger partial charge >= 0.3 is 0 Å². The molecule has 2 N–H and O–H groups in total. The van der Waals surface area contributed by atoms with E-state index in [1.54, 1.807) is 31.5 Å². The molecule has 0 fully saturated rings. The largest absolute Gasteiger partial charge is 0.385 e. The maximum absolute atomic E-state index is 11.9. The van der Waals surface area contributed by atoms with Gasteiger partial charge in [-0.25, -0.2) is 4.98 Å². The highest BCUT2D eigenvalue weighted by Gasteiger charge is 2.11. The number of imidazole rings is 1. The van der Waals surface area contributed by atoms with E-state index in [-0.39, 0.29) is 12.3 Å². The third-order valence-corrected chi connectivity index (χ3v) is 3.67. The molecule has 1 aromatic carbocycles. The Morgan fingerprint density at radius 1 is 1.46 bits per heavy atom. The highest BCUT2D eigenvalue weighted by Crippen LogP contribution is 2.22. The molecule has 3 aromatic rings. The van der Waals surface area contributed by atoms with E-state index in [9.17, 15) is 4.79 Å². The second kappa shape index (κ2) is 7.06. The van der Waals surface area contributed by atoms with Crippen molar-refractivity contribution in [1.29, 1.82) is 5.26 Å². The van der Waals surface area contributed by atoms with E-state index in [2.05, 4.69) is 26.3 Å². The fourth-order valence-corrected chi connectivity index (χ4v) is 2.52. The standard InChI is InChI=1S/C17H17N5O2/c1-24-6-2-5-19-16(23)8-15-21-14-10-20-13-4-3-11(9-18)7-12(13)17(14)22-15/h3-4,7,10H,2,5-6,8H2,1H3,(H,19,23)(H,21,22). The number of aromatic nitrogens is 3. The predicted molar refractivity (Wildman–Crippen MR) is 89.3 cm³/mol. The Hall–Kier alpha value is -2.98. The Labute approximate surface area is 138 Å². The summed E-state index contributed by atoms with van der Waals surface area (Å²) in [6.07, 6.45) is 2.63. The van der Waals surface area contributed by atoms with E-state index < -0.39 is 0 Å². The van der Waals surface area contributed by atoms with Gasteiger partial charge in [-0.15, -0.1) is 0 Å². The maximum Gasteiger partial charge on any atom is 0.227 e. The van der Waals surface area contributed by atoms with Crippen molar-refractivity contribution in [3.63, 3.8) is 0 Å². The van der Waals surface area contributed by atoms with Crippen LogP contribution in [0.1, 0.15) is 17.8 Å². The van der Waals surface area contributed by atoms with Crippen LogP contribution in [0, 0.1) is 11.3 Å². The van der Waals surface area contributed by atoms with Crippen molar-refractivity contribution >= 4 is 27.8 Å². The first-order valence-electron chi connectivity index (χ1n) is 7.64. The number of ether oxygens (including phenoxy) is 1. The van der Waals surface area contributed by atoms with Gasteiger partial charge in [0.2, 0.25) is 5.91 Å². The zero-order chi connectivity index (χ0) is 16.9. The number of hydrogen-bond donors (Lipinski definition) is 2. The number of nitrogens with zero attached hydrogens (tertiary/aromatic N) is 3. The molecule has 0 aliphatic rings. The number of carbonyl (C=O) groups is 1. The molecule has 0 saturated heterocycles. The van der Waals surface area contributed by atoms with Gasteiger partial charge < -0.3 is 15.0 Å². The van der Waals surface area contributed by atoms with Crippen molar-refractivity contribution in [2.45, 2.75) is 12.8 Å². The molecule has 0 radical (unpaired) electrons. The van der Waals surface area contributed by atoms with Gasteiger partial charge in [0.25, 0.3) is 0 Å². The van der Waals surface area contributed by atoms with Gasteiger partial charge in [-0.3, -0.25) is 9.78 Å². The van der Waals surface area contributed by atoms with Crippen molar-refractivity contribution in [3.8, 4) is 6.07 Å². The molecule has 7 heteroatoms. The Balaban J connectivity index is 1.82. The first kappa shape index (κ1) is 15.9. The van der Waals surface area contributed by atoms with Gasteiger partial charge in [0, 0.05) is 25.6 Å². The molecule has 7 nitrogen and oxygen atoms in total. The summed E-state index contributed by atoms with van der Waals surface area (Å²) in [5.74, 6) is 0.478. The fraction of sp³-hybridized carbons (Fsp3) is 0.294. The number of aromatic amines is 1. The van der Waals surface area contributed by atoms with Gasteiger partial charge in [0.05, 0.1) is 40.8 Å². The summed E-state index contributed by atoms with van der Waals surface area (Å²) in [4.78, 5) is 23.9. The lowest BCUT2D eigenvalue weighted by molar-refractivity contribution is -0.120. The number of nitriles is 1. The number of pyridine rings is 1. The molecule has 0 aliphatic carbocycles. The van der Waals surface area contributed by atoms with Crippen molar-refractivity contribution in [2.24, 2.45) is 0 Å². The van der Waals surface area contributed by atoms with E-state index in [1.807, 2.05) is 0 Å². The predicted octanol–water partition coefficient (Wildman–Crippen LogP) is 1.68. The Bertz CT molecular complexity index is 926. The number of nitrogens with one attached hydrogen (secondary N) is 2. The van der Waals surface area contributed by atoms with Crippen molar-refractivity contribution in [2.75, 3.05) is 20.3 Å². The summed E-state index contributed by atoms with van der Waals surface area (Å²) >= 11 is 0. The normalized spacial score (nSPS) is 10.8. The van der Waals surface area contributed by atoms with Crippen LogP contribution in [0.5, 0.6) is 0 Å². The van der Waals surface area contributed by atoms with E-state index in [0.29, 0.717) is 24.5 Å². The second-order valence-electron chi connectivity index (χ2n) is 5.42. The van der Waals surface area contributed by atoms with Gasteiger partial charge in [-0.1, -0.05) is 0 Å². The minimum Gasteiger partial charge on any atom is -0.385 e. The highest BCUT2D eigenvalue weighted by molar-refractivity contribution is 6.02. The minimum atomic E-state index is -0.0971. The number of methoxy groups -OCH3 is 1. The molecule has 0 atom stereocenters. The number of amides is 1. The molecule has 3 rings (SSSR count). The van der Waals surface area contributed by atoms with E-state index in [0.717, 1.165) is 28.4 Å². The monoisotopic (exact) mass is 323 g/mol. The molecule has 2 aromatic heterocycles. The lowest BCUT2D eigenvalue weighted by atomic mass is 10.1. The van der Waals surface area contributed by atoms with E-state index in [4.69, 9.17) is 10.00 Å². The molecule has 0 spiro atoms. The summed E-state index contributed by atoms with van der Waals surface area (Å²) in [6.45, 7) is 1.19. The van der Waals surface area contributed by atoms with Gasteiger partial charge in [0.1, 0.15) is 5.82 Å². The topological polar surface area (TPSA) is 104 Å². The van der Waals surface area contributed by atoms with Crippen LogP contribution in [0.3, 0.4) is 0 Å². The zero-order valence-corrected chi connectivity index (χ0v) is 13.3. The minimum absolute atomic E-state index is 0.0971. The summed E-state index contributed by atoms with van der Waals surface area (Å²) in [6, 6.07) is 7.40. The third kappa shape index (κ3) is 3.34. The van der Waals surface area contributed by atoms with Crippen LogP contribution in [0.2, 0.25) is 0 Å². The summed E-state index contributed by atoms with van der Waals surface area (Å²) in [5.41, 5.74) is 2.79. The number of carbonyl (C=O) groups excluding carboxylic acids is 1. The molecule has 0 saturated carbocycles. The summed E-state index contributed by atoms with van der Waals surface area (Å²) < 4.78 is 4.94. The number of fused-ring (bicyclic) bond motifs is 3. The lowest BCUT2D eigenvalue weighted by Gasteiger charge is -2.02. The molecule has 122 valence electrons. The quantitative estimate of drug-likeness (QED) is 0.672. The number of rotatable bonds is 6. The maximum atomic E-state index is 11.9. The van der Waals surface area contributed by atoms with Gasteiger partial charge in [-0.05, 0) is 24.6 Å². The number of benzene rings is 1. The van der Waals surface area contributed by atoms with Crippen LogP contribution in [0.15, 0.2) is 24.4 Å². The van der Waals surface area contributed by atoms with E-state index >= 15 is 0 Å². The van der Waals surface area contributed by atoms with Crippen molar-refractivity contribution in [1.82, 2.24) is 20.3 Å². The molecule has 1 amide bonds. The van der Waals surface area contributed by atoms with Crippen LogP contribution in [0.25, 0.3) is 21.9 Å². The van der Waals surface area contributed by atoms with Crippen molar-refractivity contribution in [3.05, 3.63) is 35.8 Å². The van der Waals surface area contributed by atoms with Crippen LogP contribution < -0.4 is 5.32 Å². The SMILES string of the molecule is COCCCNC(=O)Cc1nc2c(cnc3ccc(C#N)cc32)[nH]1. The third-order valence-electron chi connectivity index (χ3n) is 3.67. The molecule has 0 unspecified atom stereocenters. The number of hydrogen-bond acceptors (Lipinski definition) is 5. The summed E-state index contributed by atoms with van der Waals surface area (Å²) in [7, 11) is 1.63. The average Bonchev–Trinajstić information content (AvgIpc) is 3.01. The first-order chi connectivity index (χ1) is 11.7. The average molecular weight is 323 g/mol. The fourth-order valence-electron chi connectivity index (χ4n) is 2.52. The number of H-pyrrole nitrogens is 1. The first-order valence-corrected chi connectivity index (χ1v) is 7.64. The zero-order valence-electron chi connectivity index (χ0n) is 13.3. The highest BCUT2D eigenvalue weighted by atomic mass is 16.5. The Kier molecular flexibility index (Phi) is 4.68. The lowest BCUT2D eigenvalue weighted by Crippen LogP contribution is -2.27. The summed E-state index contributed by atoms with van der Waals surface area (Å²) in [5, 5.41) is 12.7. The van der Waals surface area contributed by atoms with Crippen molar-refractivity contribution < 1.29 is 9.53 Å². The molecule has 0 aliphatic heterocycles. The van der Waals surface area contributed by atoms with Crippen LogP contribution in [-0.2, 0) is 16.0 Å². The Morgan fingerprint density at radius 3 is 3.12 bits per heavy atom. The smallest absolute Gasteiger partial charge is 0.227 e.